The molecule has 26 heavy (non-hydrogen) atoms. The summed E-state index contributed by atoms with van der Waals surface area (Å²) >= 11 is 0. The Kier molecular flexibility index (Phi) is 3.83. The second kappa shape index (κ2) is 6.34. The normalized spacial score (nSPS) is 21.0. The maximum atomic E-state index is 4.60. The Labute approximate surface area is 152 Å². The van der Waals surface area contributed by atoms with Gasteiger partial charge in [-0.3, -0.25) is 0 Å². The molecule has 136 valence electrons. The summed E-state index contributed by atoms with van der Waals surface area (Å²) in [6, 6.07) is 2.11. The zero-order valence-electron chi connectivity index (χ0n) is 15.2. The average Bonchev–Trinajstić information content (AvgIpc) is 3.22. The average molecular weight is 352 g/mol. The minimum Gasteiger partial charge on any atom is -0.356 e. The molecule has 0 spiro atoms. The maximum Gasteiger partial charge on any atom is 0.254 e. The van der Waals surface area contributed by atoms with Crippen LogP contribution >= 0.6 is 0 Å². The molecule has 5 rings (SSSR count). The highest BCUT2D eigenvalue weighted by Gasteiger charge is 2.28. The minimum absolute atomic E-state index is 0.412. The Balaban J connectivity index is 1.47. The summed E-state index contributed by atoms with van der Waals surface area (Å²) in [7, 11) is 0. The van der Waals surface area contributed by atoms with Crippen molar-refractivity contribution in [1.29, 1.82) is 0 Å². The van der Waals surface area contributed by atoms with E-state index >= 15 is 0 Å². The molecule has 8 nitrogen and oxygen atoms in total. The molecule has 3 aromatic heterocycles. The van der Waals surface area contributed by atoms with Gasteiger partial charge in [-0.05, 0) is 32.6 Å². The van der Waals surface area contributed by atoms with Gasteiger partial charge in [0.05, 0.1) is 0 Å². The first-order valence-electron chi connectivity index (χ1n) is 9.64. The lowest BCUT2D eigenvalue weighted by Crippen LogP contribution is -2.36. The van der Waals surface area contributed by atoms with E-state index in [0.717, 1.165) is 44.0 Å². The highest BCUT2D eigenvalue weighted by Crippen LogP contribution is 2.30. The van der Waals surface area contributed by atoms with Crippen LogP contribution in [0.15, 0.2) is 12.4 Å². The van der Waals surface area contributed by atoms with Gasteiger partial charge in [-0.2, -0.15) is 14.6 Å². The van der Waals surface area contributed by atoms with Crippen LogP contribution in [-0.4, -0.2) is 47.4 Å². The van der Waals surface area contributed by atoms with Crippen molar-refractivity contribution in [3.05, 3.63) is 29.7 Å². The van der Waals surface area contributed by atoms with E-state index in [9.17, 15) is 0 Å². The van der Waals surface area contributed by atoms with Crippen molar-refractivity contribution in [2.75, 3.05) is 18.0 Å². The first-order chi connectivity index (χ1) is 12.8. The summed E-state index contributed by atoms with van der Waals surface area (Å²) in [4.78, 5) is 11.1. The van der Waals surface area contributed by atoms with Crippen LogP contribution < -0.4 is 4.90 Å². The molecule has 0 amide bonds. The number of fused-ring (bicyclic) bond motifs is 2. The summed E-state index contributed by atoms with van der Waals surface area (Å²) in [6.45, 7) is 5.04. The molecule has 0 N–H and O–H groups in total. The number of aromatic nitrogens is 7. The van der Waals surface area contributed by atoms with E-state index in [2.05, 4.69) is 40.8 Å². The molecule has 5 heterocycles. The van der Waals surface area contributed by atoms with E-state index in [0.29, 0.717) is 11.7 Å². The summed E-state index contributed by atoms with van der Waals surface area (Å²) in [5, 5.41) is 13.5. The number of hydrogen-bond donors (Lipinski definition) is 0. The third kappa shape index (κ3) is 2.64. The number of piperidine rings is 1. The number of rotatable bonds is 2. The molecule has 2 aliphatic rings. The van der Waals surface area contributed by atoms with Crippen molar-refractivity contribution in [3.8, 4) is 0 Å². The molecule has 0 saturated carbocycles. The fourth-order valence-electron chi connectivity index (χ4n) is 4.34. The lowest BCUT2D eigenvalue weighted by molar-refractivity contribution is 0.462. The number of aryl methyl sites for hydroxylation is 2. The predicted octanol–water partition coefficient (Wildman–Crippen LogP) is 2.13. The third-order valence-corrected chi connectivity index (χ3v) is 5.61. The molecule has 0 aliphatic carbocycles. The van der Waals surface area contributed by atoms with Crippen LogP contribution in [0.2, 0.25) is 0 Å². The van der Waals surface area contributed by atoms with Gasteiger partial charge in [0.2, 0.25) is 0 Å². The molecule has 0 radical (unpaired) electrons. The van der Waals surface area contributed by atoms with Gasteiger partial charge >= 0.3 is 0 Å². The van der Waals surface area contributed by atoms with Gasteiger partial charge in [0.25, 0.3) is 5.78 Å². The molecule has 1 saturated heterocycles. The van der Waals surface area contributed by atoms with Crippen LogP contribution in [0.5, 0.6) is 0 Å². The van der Waals surface area contributed by atoms with E-state index < -0.39 is 0 Å². The lowest BCUT2D eigenvalue weighted by atomic mass is 9.97. The van der Waals surface area contributed by atoms with E-state index in [1.165, 1.54) is 37.3 Å². The SMILES string of the molecule is Cc1cc(N2CCCC(c3nnc4n3CCCCC4)C2)n2ncnc2n1. The number of hydrogen-bond acceptors (Lipinski definition) is 6. The van der Waals surface area contributed by atoms with Gasteiger partial charge in [-0.1, -0.05) is 6.42 Å². The van der Waals surface area contributed by atoms with Gasteiger partial charge in [0, 0.05) is 43.7 Å². The van der Waals surface area contributed by atoms with Crippen LogP contribution in [0, 0.1) is 6.92 Å². The molecular formula is C18H24N8. The highest BCUT2D eigenvalue weighted by atomic mass is 15.4. The second-order valence-electron chi connectivity index (χ2n) is 7.45. The molecule has 1 fully saturated rings. The second-order valence-corrected chi connectivity index (χ2v) is 7.45. The summed E-state index contributed by atoms with van der Waals surface area (Å²) in [5.41, 5.74) is 0.971. The lowest BCUT2D eigenvalue weighted by Gasteiger charge is -2.34. The Bertz CT molecular complexity index is 927. The van der Waals surface area contributed by atoms with E-state index in [4.69, 9.17) is 0 Å². The van der Waals surface area contributed by atoms with Gasteiger partial charge in [0.15, 0.2) is 0 Å². The molecule has 0 aromatic carbocycles. The summed E-state index contributed by atoms with van der Waals surface area (Å²) in [6.07, 6.45) is 8.70. The van der Waals surface area contributed by atoms with Crippen LogP contribution in [-0.2, 0) is 13.0 Å². The molecule has 8 heteroatoms. The van der Waals surface area contributed by atoms with Crippen molar-refractivity contribution >= 4 is 11.6 Å². The third-order valence-electron chi connectivity index (χ3n) is 5.61. The van der Waals surface area contributed by atoms with Crippen molar-refractivity contribution in [2.45, 2.75) is 57.9 Å². The largest absolute Gasteiger partial charge is 0.356 e. The summed E-state index contributed by atoms with van der Waals surface area (Å²) in [5.74, 6) is 4.50. The molecule has 1 unspecified atom stereocenters. The van der Waals surface area contributed by atoms with Gasteiger partial charge in [-0.15, -0.1) is 10.2 Å². The Morgan fingerprint density at radius 2 is 2.04 bits per heavy atom. The Hall–Kier alpha value is -2.51. The van der Waals surface area contributed by atoms with Crippen molar-refractivity contribution in [3.63, 3.8) is 0 Å². The Morgan fingerprint density at radius 1 is 1.08 bits per heavy atom. The maximum absolute atomic E-state index is 4.60. The highest BCUT2D eigenvalue weighted by molar-refractivity contribution is 5.47. The zero-order valence-corrected chi connectivity index (χ0v) is 15.2. The van der Waals surface area contributed by atoms with Crippen LogP contribution in [0.1, 0.15) is 55.4 Å². The van der Waals surface area contributed by atoms with Crippen molar-refractivity contribution in [2.24, 2.45) is 0 Å². The van der Waals surface area contributed by atoms with Gasteiger partial charge in [-0.25, -0.2) is 4.98 Å². The minimum atomic E-state index is 0.412. The smallest absolute Gasteiger partial charge is 0.254 e. The fourth-order valence-corrected chi connectivity index (χ4v) is 4.34. The molecule has 0 bridgehead atoms. The van der Waals surface area contributed by atoms with Crippen LogP contribution in [0.3, 0.4) is 0 Å². The topological polar surface area (TPSA) is 77.0 Å². The quantitative estimate of drug-likeness (QED) is 0.703. The van der Waals surface area contributed by atoms with Crippen molar-refractivity contribution in [1.82, 2.24) is 34.3 Å². The predicted molar refractivity (Wildman–Crippen MR) is 97.3 cm³/mol. The first-order valence-corrected chi connectivity index (χ1v) is 9.64. The number of nitrogens with zero attached hydrogens (tertiary/aromatic N) is 8. The van der Waals surface area contributed by atoms with Crippen molar-refractivity contribution < 1.29 is 0 Å². The van der Waals surface area contributed by atoms with Gasteiger partial charge in [0.1, 0.15) is 23.8 Å². The van der Waals surface area contributed by atoms with E-state index in [-0.39, 0.29) is 0 Å². The molecule has 2 aliphatic heterocycles. The Morgan fingerprint density at radius 3 is 3.00 bits per heavy atom. The van der Waals surface area contributed by atoms with E-state index in [1.807, 2.05) is 11.4 Å². The molecule has 1 atom stereocenters. The zero-order chi connectivity index (χ0) is 17.5. The first kappa shape index (κ1) is 15.7. The standard InChI is InChI=1S/C18H24N8/c1-13-10-16(26-18(21-13)19-12-20-26)24-8-5-6-14(11-24)17-23-22-15-7-3-2-4-9-25(15)17/h10,12,14H,2-9,11H2,1H3. The monoisotopic (exact) mass is 352 g/mol. The molecular weight excluding hydrogens is 328 g/mol. The fraction of sp³-hybridized carbons (Fsp3) is 0.611. The number of anilines is 1. The van der Waals surface area contributed by atoms with E-state index in [1.54, 1.807) is 6.33 Å². The van der Waals surface area contributed by atoms with Crippen LogP contribution in [0.4, 0.5) is 5.82 Å². The summed E-state index contributed by atoms with van der Waals surface area (Å²) < 4.78 is 4.24. The molecule has 3 aromatic rings. The van der Waals surface area contributed by atoms with Gasteiger partial charge < -0.3 is 9.47 Å². The van der Waals surface area contributed by atoms with Crippen LogP contribution in [0.25, 0.3) is 5.78 Å².